The van der Waals surface area contributed by atoms with Gasteiger partial charge in [-0.25, -0.2) is 0 Å². The molecule has 0 aliphatic carbocycles. The van der Waals surface area contributed by atoms with Gasteiger partial charge in [0, 0.05) is 6.04 Å². The molecule has 0 bridgehead atoms. The van der Waals surface area contributed by atoms with Crippen molar-refractivity contribution < 1.29 is 0 Å². The molecule has 0 aromatic carbocycles. The van der Waals surface area contributed by atoms with Gasteiger partial charge in [0.1, 0.15) is 0 Å². The van der Waals surface area contributed by atoms with Crippen LogP contribution in [0.1, 0.15) is 34.1 Å². The third kappa shape index (κ3) is 2.55. The first-order chi connectivity index (χ1) is 4.95. The summed E-state index contributed by atoms with van der Waals surface area (Å²) in [4.78, 5) is 2.23. The van der Waals surface area contributed by atoms with Gasteiger partial charge in [-0.05, 0) is 34.2 Å². The molecular formula is C10H19N. The van der Waals surface area contributed by atoms with Crippen LogP contribution in [0.3, 0.4) is 0 Å². The SMILES string of the molecule is C#CC(C)(C)N(C)C(C)CC. The van der Waals surface area contributed by atoms with E-state index in [1.165, 1.54) is 0 Å². The minimum atomic E-state index is -0.116. The van der Waals surface area contributed by atoms with E-state index in [2.05, 4.69) is 45.6 Å². The first-order valence-electron chi connectivity index (χ1n) is 4.16. The smallest absolute Gasteiger partial charge is 0.0765 e. The van der Waals surface area contributed by atoms with Crippen molar-refractivity contribution in [1.82, 2.24) is 4.90 Å². The molecule has 0 spiro atoms. The first-order valence-corrected chi connectivity index (χ1v) is 4.16. The van der Waals surface area contributed by atoms with E-state index in [1.54, 1.807) is 0 Å². The molecule has 0 aliphatic heterocycles. The molecule has 0 N–H and O–H groups in total. The molecule has 0 aliphatic rings. The summed E-state index contributed by atoms with van der Waals surface area (Å²) in [7, 11) is 2.08. The van der Waals surface area contributed by atoms with Gasteiger partial charge in [0.25, 0.3) is 0 Å². The number of nitrogens with zero attached hydrogens (tertiary/aromatic N) is 1. The predicted molar refractivity (Wildman–Crippen MR) is 50.4 cm³/mol. The molecule has 0 aromatic rings. The van der Waals surface area contributed by atoms with Crippen molar-refractivity contribution >= 4 is 0 Å². The molecule has 0 radical (unpaired) electrons. The van der Waals surface area contributed by atoms with Gasteiger partial charge >= 0.3 is 0 Å². The number of rotatable bonds is 3. The van der Waals surface area contributed by atoms with E-state index < -0.39 is 0 Å². The van der Waals surface area contributed by atoms with E-state index >= 15 is 0 Å². The molecule has 11 heavy (non-hydrogen) atoms. The zero-order valence-electron chi connectivity index (χ0n) is 8.31. The molecule has 0 saturated carbocycles. The molecule has 0 heterocycles. The average molecular weight is 153 g/mol. The van der Waals surface area contributed by atoms with Gasteiger partial charge in [-0.3, -0.25) is 4.90 Å². The fourth-order valence-corrected chi connectivity index (χ4v) is 0.927. The van der Waals surface area contributed by atoms with Crippen molar-refractivity contribution in [1.29, 1.82) is 0 Å². The number of hydrogen-bond acceptors (Lipinski definition) is 1. The topological polar surface area (TPSA) is 3.24 Å². The van der Waals surface area contributed by atoms with Crippen molar-refractivity contribution in [2.45, 2.75) is 45.7 Å². The maximum Gasteiger partial charge on any atom is 0.0765 e. The van der Waals surface area contributed by atoms with E-state index in [4.69, 9.17) is 6.42 Å². The van der Waals surface area contributed by atoms with Crippen LogP contribution in [0.5, 0.6) is 0 Å². The van der Waals surface area contributed by atoms with Gasteiger partial charge in [0.2, 0.25) is 0 Å². The quantitative estimate of drug-likeness (QED) is 0.561. The standard InChI is InChI=1S/C10H19N/c1-7-9(3)11(6)10(4,5)8-2/h2,9H,7H2,1,3-6H3. The second kappa shape index (κ2) is 3.78. The van der Waals surface area contributed by atoms with Gasteiger partial charge in [0.15, 0.2) is 0 Å². The summed E-state index contributed by atoms with van der Waals surface area (Å²) in [5.41, 5.74) is -0.116. The van der Waals surface area contributed by atoms with Crippen LogP contribution in [0.2, 0.25) is 0 Å². The fraction of sp³-hybridized carbons (Fsp3) is 0.800. The van der Waals surface area contributed by atoms with Crippen molar-refractivity contribution in [2.24, 2.45) is 0 Å². The molecule has 1 atom stereocenters. The van der Waals surface area contributed by atoms with Gasteiger partial charge < -0.3 is 0 Å². The second-order valence-electron chi connectivity index (χ2n) is 3.57. The second-order valence-corrected chi connectivity index (χ2v) is 3.57. The van der Waals surface area contributed by atoms with E-state index in [1.807, 2.05) is 0 Å². The summed E-state index contributed by atoms with van der Waals surface area (Å²) in [5, 5.41) is 0. The Hall–Kier alpha value is -0.480. The number of terminal acetylenes is 1. The average Bonchev–Trinajstić information content (AvgIpc) is 2.01. The van der Waals surface area contributed by atoms with E-state index in [-0.39, 0.29) is 5.54 Å². The van der Waals surface area contributed by atoms with Gasteiger partial charge in [-0.2, -0.15) is 0 Å². The molecule has 1 unspecified atom stereocenters. The Balaban J connectivity index is 4.25. The van der Waals surface area contributed by atoms with Crippen molar-refractivity contribution in [2.75, 3.05) is 7.05 Å². The van der Waals surface area contributed by atoms with Crippen molar-refractivity contribution in [3.8, 4) is 12.3 Å². The lowest BCUT2D eigenvalue weighted by Gasteiger charge is -2.35. The third-order valence-electron chi connectivity index (χ3n) is 2.49. The minimum absolute atomic E-state index is 0.116. The maximum atomic E-state index is 5.41. The lowest BCUT2D eigenvalue weighted by atomic mass is 10.0. The highest BCUT2D eigenvalue weighted by Crippen LogP contribution is 2.15. The molecular weight excluding hydrogens is 134 g/mol. The summed E-state index contributed by atoms with van der Waals surface area (Å²) < 4.78 is 0. The molecule has 0 saturated heterocycles. The van der Waals surface area contributed by atoms with Crippen LogP contribution in [0, 0.1) is 12.3 Å². The molecule has 1 heteroatoms. The molecule has 0 fully saturated rings. The summed E-state index contributed by atoms with van der Waals surface area (Å²) >= 11 is 0. The lowest BCUT2D eigenvalue weighted by molar-refractivity contribution is 0.155. The Morgan fingerprint density at radius 1 is 1.55 bits per heavy atom. The van der Waals surface area contributed by atoms with Crippen LogP contribution in [0.25, 0.3) is 0 Å². The van der Waals surface area contributed by atoms with Crippen molar-refractivity contribution in [3.63, 3.8) is 0 Å². The van der Waals surface area contributed by atoms with Crippen LogP contribution >= 0.6 is 0 Å². The summed E-state index contributed by atoms with van der Waals surface area (Å²) in [6, 6.07) is 0.557. The zero-order valence-corrected chi connectivity index (χ0v) is 8.31. The highest BCUT2D eigenvalue weighted by Gasteiger charge is 2.23. The normalized spacial score (nSPS) is 14.6. The zero-order chi connectivity index (χ0) is 9.07. The van der Waals surface area contributed by atoms with Crippen LogP contribution in [0.15, 0.2) is 0 Å². The monoisotopic (exact) mass is 153 g/mol. The Kier molecular flexibility index (Phi) is 3.62. The van der Waals surface area contributed by atoms with Gasteiger partial charge in [0.05, 0.1) is 5.54 Å². The Labute approximate surface area is 70.8 Å². The Morgan fingerprint density at radius 3 is 2.27 bits per heavy atom. The van der Waals surface area contributed by atoms with E-state index in [9.17, 15) is 0 Å². The largest absolute Gasteiger partial charge is 0.288 e. The Morgan fingerprint density at radius 2 is 2.00 bits per heavy atom. The van der Waals surface area contributed by atoms with Gasteiger partial charge in [-0.1, -0.05) is 12.8 Å². The first kappa shape index (κ1) is 10.5. The van der Waals surface area contributed by atoms with Crippen LogP contribution in [-0.4, -0.2) is 23.5 Å². The molecule has 1 nitrogen and oxygen atoms in total. The highest BCUT2D eigenvalue weighted by atomic mass is 15.2. The van der Waals surface area contributed by atoms with Crippen LogP contribution in [0.4, 0.5) is 0 Å². The van der Waals surface area contributed by atoms with Crippen LogP contribution < -0.4 is 0 Å². The highest BCUT2D eigenvalue weighted by molar-refractivity contribution is 5.08. The summed E-state index contributed by atoms with van der Waals surface area (Å²) in [6.07, 6.45) is 6.55. The maximum absolute atomic E-state index is 5.41. The number of hydrogen-bond donors (Lipinski definition) is 0. The molecule has 0 rings (SSSR count). The van der Waals surface area contributed by atoms with E-state index in [0.29, 0.717) is 6.04 Å². The van der Waals surface area contributed by atoms with Gasteiger partial charge in [-0.15, -0.1) is 6.42 Å². The van der Waals surface area contributed by atoms with E-state index in [0.717, 1.165) is 6.42 Å². The van der Waals surface area contributed by atoms with Crippen LogP contribution in [-0.2, 0) is 0 Å². The Bertz CT molecular complexity index is 153. The lowest BCUT2D eigenvalue weighted by Crippen LogP contribution is -2.44. The van der Waals surface area contributed by atoms with Crippen molar-refractivity contribution in [3.05, 3.63) is 0 Å². The predicted octanol–water partition coefficient (Wildman–Crippen LogP) is 2.13. The third-order valence-corrected chi connectivity index (χ3v) is 2.49. The minimum Gasteiger partial charge on any atom is -0.288 e. The summed E-state index contributed by atoms with van der Waals surface area (Å²) in [6.45, 7) is 8.51. The molecule has 0 amide bonds. The fourth-order valence-electron chi connectivity index (χ4n) is 0.927. The summed E-state index contributed by atoms with van der Waals surface area (Å²) in [5.74, 6) is 2.78. The molecule has 64 valence electrons. The molecule has 0 aromatic heterocycles.